The van der Waals surface area contributed by atoms with Crippen molar-refractivity contribution in [3.63, 3.8) is 0 Å². The highest BCUT2D eigenvalue weighted by Crippen LogP contribution is 2.50. The smallest absolute Gasteiger partial charge is 0.200 e. The van der Waals surface area contributed by atoms with E-state index >= 15 is 0 Å². The van der Waals surface area contributed by atoms with Crippen LogP contribution in [0.25, 0.3) is 0 Å². The molecule has 0 saturated heterocycles. The Kier molecular flexibility index (Phi) is 8.73. The van der Waals surface area contributed by atoms with E-state index < -0.39 is 24.4 Å². The summed E-state index contributed by atoms with van der Waals surface area (Å²) < 4.78 is 89.7. The lowest BCUT2D eigenvalue weighted by atomic mass is 9.68. The number of hydrogen-bond acceptors (Lipinski definition) is 0. The highest BCUT2D eigenvalue weighted by atomic mass is 19.4. The molecule has 0 spiro atoms. The van der Waals surface area contributed by atoms with Crippen LogP contribution in [0.5, 0.6) is 0 Å². The Morgan fingerprint density at radius 3 is 1.48 bits per heavy atom. The summed E-state index contributed by atoms with van der Waals surface area (Å²) in [7, 11) is 0. The van der Waals surface area contributed by atoms with Crippen LogP contribution < -0.4 is 0 Å². The van der Waals surface area contributed by atoms with Crippen molar-refractivity contribution >= 4 is 0 Å². The minimum atomic E-state index is -6.22. The van der Waals surface area contributed by atoms with Crippen LogP contribution in [-0.2, 0) is 0 Å². The first-order chi connectivity index (χ1) is 13.5. The lowest BCUT2D eigenvalue weighted by Gasteiger charge is -2.38. The molecule has 2 fully saturated rings. The monoisotopic (exact) mass is 432 g/mol. The standard InChI is InChI=1S/C22H35F7/c1-2-3-4-5-16-6-10-18(11-7-16)19-12-8-17(9-13-19)14-15-20(23,24)21(25,26)22(27,28)29/h16-19H,2-15H2,1H3/t16-,17?,18-,19?. The molecule has 0 nitrogen and oxygen atoms in total. The first-order valence-electron chi connectivity index (χ1n) is 11.3. The van der Waals surface area contributed by atoms with Crippen LogP contribution in [0.15, 0.2) is 0 Å². The van der Waals surface area contributed by atoms with Crippen molar-refractivity contribution in [1.29, 1.82) is 0 Å². The molecule has 0 aromatic heterocycles. The summed E-state index contributed by atoms with van der Waals surface area (Å²) in [5.74, 6) is -9.14. The van der Waals surface area contributed by atoms with Crippen LogP contribution >= 0.6 is 0 Å². The van der Waals surface area contributed by atoms with Gasteiger partial charge in [0, 0.05) is 6.42 Å². The van der Waals surface area contributed by atoms with Gasteiger partial charge in [-0.3, -0.25) is 0 Å². The summed E-state index contributed by atoms with van der Waals surface area (Å²) in [5, 5.41) is 0. The summed E-state index contributed by atoms with van der Waals surface area (Å²) in [5.41, 5.74) is 0. The summed E-state index contributed by atoms with van der Waals surface area (Å²) in [6, 6.07) is 0. The molecule has 7 heteroatoms. The average Bonchev–Trinajstić information content (AvgIpc) is 2.67. The van der Waals surface area contributed by atoms with E-state index in [9.17, 15) is 30.7 Å². The second kappa shape index (κ2) is 10.2. The van der Waals surface area contributed by atoms with Crippen molar-refractivity contribution in [3.8, 4) is 0 Å². The van der Waals surface area contributed by atoms with Crippen LogP contribution in [0.3, 0.4) is 0 Å². The molecule has 172 valence electrons. The summed E-state index contributed by atoms with van der Waals surface area (Å²) in [4.78, 5) is 0. The van der Waals surface area contributed by atoms with Crippen molar-refractivity contribution in [1.82, 2.24) is 0 Å². The summed E-state index contributed by atoms with van der Waals surface area (Å²) in [6.07, 6.45) is 5.27. The molecule has 0 N–H and O–H groups in total. The van der Waals surface area contributed by atoms with E-state index in [0.717, 1.165) is 18.8 Å². The third kappa shape index (κ3) is 6.49. The van der Waals surface area contributed by atoms with Crippen LogP contribution in [-0.4, -0.2) is 18.0 Å². The topological polar surface area (TPSA) is 0 Å². The molecule has 0 unspecified atom stereocenters. The molecule has 0 amide bonds. The minimum Gasteiger partial charge on any atom is -0.200 e. The van der Waals surface area contributed by atoms with Gasteiger partial charge in [-0.1, -0.05) is 58.3 Å². The van der Waals surface area contributed by atoms with Crippen LogP contribution in [0.1, 0.15) is 96.8 Å². The molecule has 0 aromatic rings. The normalized spacial score (nSPS) is 29.8. The van der Waals surface area contributed by atoms with E-state index in [1.807, 2.05) is 0 Å². The maximum Gasteiger partial charge on any atom is 0.459 e. The molecule has 0 bridgehead atoms. The van der Waals surface area contributed by atoms with Gasteiger partial charge >= 0.3 is 18.0 Å². The van der Waals surface area contributed by atoms with Crippen molar-refractivity contribution in [2.24, 2.45) is 23.7 Å². The van der Waals surface area contributed by atoms with Gasteiger partial charge in [-0.15, -0.1) is 0 Å². The number of unbranched alkanes of at least 4 members (excludes halogenated alkanes) is 2. The second-order valence-corrected chi connectivity index (χ2v) is 9.37. The molecule has 2 saturated carbocycles. The van der Waals surface area contributed by atoms with Gasteiger partial charge in [0.25, 0.3) is 0 Å². The Morgan fingerprint density at radius 2 is 1.07 bits per heavy atom. The number of rotatable bonds is 9. The minimum absolute atomic E-state index is 0.174. The molecule has 0 atom stereocenters. The van der Waals surface area contributed by atoms with E-state index in [4.69, 9.17) is 0 Å². The van der Waals surface area contributed by atoms with Crippen molar-refractivity contribution in [3.05, 3.63) is 0 Å². The maximum atomic E-state index is 13.5. The molecule has 0 aliphatic heterocycles. The van der Waals surface area contributed by atoms with Gasteiger partial charge < -0.3 is 0 Å². The Labute approximate surface area is 170 Å². The fraction of sp³-hybridized carbons (Fsp3) is 1.00. The van der Waals surface area contributed by atoms with Gasteiger partial charge in [-0.05, 0) is 55.8 Å². The number of hydrogen-bond donors (Lipinski definition) is 0. The fourth-order valence-corrected chi connectivity index (χ4v) is 5.33. The zero-order valence-electron chi connectivity index (χ0n) is 17.4. The number of alkyl halides is 7. The molecular formula is C22H35F7. The molecule has 0 radical (unpaired) electrons. The molecule has 2 aliphatic rings. The van der Waals surface area contributed by atoms with Gasteiger partial charge in [0.05, 0.1) is 0 Å². The molecule has 2 aliphatic carbocycles. The lowest BCUT2D eigenvalue weighted by molar-refractivity contribution is -0.356. The zero-order valence-corrected chi connectivity index (χ0v) is 17.4. The van der Waals surface area contributed by atoms with Crippen molar-refractivity contribution < 1.29 is 30.7 Å². The molecule has 29 heavy (non-hydrogen) atoms. The third-order valence-corrected chi connectivity index (χ3v) is 7.35. The Bertz CT molecular complexity index is 470. The predicted octanol–water partition coefficient (Wildman–Crippen LogP) is 8.79. The van der Waals surface area contributed by atoms with Crippen LogP contribution in [0.2, 0.25) is 0 Å². The fourth-order valence-electron chi connectivity index (χ4n) is 5.33. The number of halogens is 7. The van der Waals surface area contributed by atoms with Gasteiger partial charge in [-0.2, -0.15) is 30.7 Å². The van der Waals surface area contributed by atoms with Gasteiger partial charge in [0.1, 0.15) is 0 Å². The highest BCUT2D eigenvalue weighted by Gasteiger charge is 2.72. The van der Waals surface area contributed by atoms with Gasteiger partial charge in [0.2, 0.25) is 0 Å². The van der Waals surface area contributed by atoms with Crippen molar-refractivity contribution in [2.75, 3.05) is 0 Å². The van der Waals surface area contributed by atoms with E-state index in [1.54, 1.807) is 0 Å². The quantitative estimate of drug-likeness (QED) is 0.252. The predicted molar refractivity (Wildman–Crippen MR) is 100 cm³/mol. The van der Waals surface area contributed by atoms with E-state index in [-0.39, 0.29) is 12.3 Å². The highest BCUT2D eigenvalue weighted by molar-refractivity contribution is 4.92. The maximum absolute atomic E-state index is 13.5. The SMILES string of the molecule is CCCCC[C@H]1CC[C@H](C2CCC(CCC(F)(F)C(F)(F)C(F)(F)F)CC2)CC1. The molecule has 0 aromatic carbocycles. The second-order valence-electron chi connectivity index (χ2n) is 9.37. The molecule has 0 heterocycles. The lowest BCUT2D eigenvalue weighted by Crippen LogP contribution is -2.52. The Balaban J connectivity index is 1.71. The molecule has 2 rings (SSSR count). The average molecular weight is 433 g/mol. The van der Waals surface area contributed by atoms with Crippen molar-refractivity contribution in [2.45, 2.75) is 115 Å². The largest absolute Gasteiger partial charge is 0.459 e. The summed E-state index contributed by atoms with van der Waals surface area (Å²) >= 11 is 0. The van der Waals surface area contributed by atoms with Gasteiger partial charge in [-0.25, -0.2) is 0 Å². The first-order valence-corrected chi connectivity index (χ1v) is 11.3. The summed E-state index contributed by atoms with van der Waals surface area (Å²) in [6.45, 7) is 2.20. The third-order valence-electron chi connectivity index (χ3n) is 7.35. The van der Waals surface area contributed by atoms with Gasteiger partial charge in [0.15, 0.2) is 0 Å². The van der Waals surface area contributed by atoms with E-state index in [2.05, 4.69) is 6.92 Å². The zero-order chi connectivity index (χ0) is 21.7. The van der Waals surface area contributed by atoms with Crippen LogP contribution in [0, 0.1) is 23.7 Å². The van der Waals surface area contributed by atoms with Crippen LogP contribution in [0.4, 0.5) is 30.7 Å². The van der Waals surface area contributed by atoms with E-state index in [0.29, 0.717) is 24.7 Å². The Hall–Kier alpha value is -0.490. The molecular weight excluding hydrogens is 397 g/mol. The first kappa shape index (κ1) is 24.8. The Morgan fingerprint density at radius 1 is 0.621 bits per heavy atom. The van der Waals surface area contributed by atoms with E-state index in [1.165, 1.54) is 51.4 Å².